The summed E-state index contributed by atoms with van der Waals surface area (Å²) in [5.74, 6) is 0. The Hall–Kier alpha value is -3.00. The van der Waals surface area contributed by atoms with E-state index in [9.17, 15) is 0 Å². The van der Waals surface area contributed by atoms with Crippen LogP contribution in [-0.2, 0) is 5.54 Å². The van der Waals surface area contributed by atoms with Gasteiger partial charge in [0.05, 0.1) is 6.67 Å². The predicted octanol–water partition coefficient (Wildman–Crippen LogP) is 4.65. The molecule has 2 nitrogen and oxygen atoms in total. The van der Waals surface area contributed by atoms with Crippen LogP contribution in [0.5, 0.6) is 0 Å². The van der Waals surface area contributed by atoms with E-state index in [-0.39, 0.29) is 5.54 Å². The van der Waals surface area contributed by atoms with Gasteiger partial charge in [-0.3, -0.25) is 0 Å². The molecule has 1 heterocycles. The van der Waals surface area contributed by atoms with E-state index in [1.165, 1.54) is 16.7 Å². The summed E-state index contributed by atoms with van der Waals surface area (Å²) >= 11 is 0. The molecule has 0 bridgehead atoms. The zero-order valence-electron chi connectivity index (χ0n) is 14.4. The molecule has 0 aromatic heterocycles. The van der Waals surface area contributed by atoms with Crippen molar-refractivity contribution in [1.29, 1.82) is 0 Å². The minimum Gasteiger partial charge on any atom is -0.362 e. The molecule has 0 N–H and O–H groups in total. The summed E-state index contributed by atoms with van der Waals surface area (Å²) in [4.78, 5) is 4.64. The first-order valence-electron chi connectivity index (χ1n) is 8.64. The van der Waals surface area contributed by atoms with Gasteiger partial charge in [-0.05, 0) is 16.7 Å². The maximum absolute atomic E-state index is 2.42. The zero-order chi connectivity index (χ0) is 17.1. The molecule has 0 unspecified atom stereocenters. The molecular weight excluding hydrogens is 304 g/mol. The van der Waals surface area contributed by atoms with Gasteiger partial charge in [0.2, 0.25) is 0 Å². The first kappa shape index (κ1) is 15.5. The highest BCUT2D eigenvalue weighted by Crippen LogP contribution is 2.43. The molecule has 0 radical (unpaired) electrons. The van der Waals surface area contributed by atoms with Gasteiger partial charge in [0.25, 0.3) is 0 Å². The molecule has 0 aliphatic carbocycles. The van der Waals surface area contributed by atoms with Crippen molar-refractivity contribution in [3.63, 3.8) is 0 Å². The van der Waals surface area contributed by atoms with Crippen molar-refractivity contribution in [3.8, 4) is 0 Å². The molecule has 124 valence electrons. The quantitative estimate of drug-likeness (QED) is 0.644. The molecule has 1 aliphatic heterocycles. The van der Waals surface area contributed by atoms with Gasteiger partial charge in [0.15, 0.2) is 0 Å². The van der Waals surface area contributed by atoms with Gasteiger partial charge in [-0.25, -0.2) is 0 Å². The standard InChI is InChI=1S/C23H22N2/c1-24-17-18-25(19-24)23(20-11-5-2-6-12-20,21-13-7-3-8-14-21)22-15-9-4-10-16-22/h2-18H,19H2,1H3. The summed E-state index contributed by atoms with van der Waals surface area (Å²) in [6.45, 7) is 0.846. The number of rotatable bonds is 4. The monoisotopic (exact) mass is 326 g/mol. The van der Waals surface area contributed by atoms with Crippen molar-refractivity contribution in [3.05, 3.63) is 120 Å². The Morgan fingerprint density at radius 2 is 1.00 bits per heavy atom. The molecule has 0 saturated heterocycles. The van der Waals surface area contributed by atoms with E-state index < -0.39 is 0 Å². The molecule has 0 amide bonds. The van der Waals surface area contributed by atoms with Gasteiger partial charge in [0.1, 0.15) is 5.54 Å². The van der Waals surface area contributed by atoms with Crippen LogP contribution >= 0.6 is 0 Å². The highest BCUT2D eigenvalue weighted by atomic mass is 15.4. The minimum atomic E-state index is -0.356. The Bertz CT molecular complexity index is 744. The van der Waals surface area contributed by atoms with Crippen LogP contribution in [0.1, 0.15) is 16.7 Å². The van der Waals surface area contributed by atoms with E-state index in [2.05, 4.69) is 120 Å². The normalized spacial score (nSPS) is 14.1. The average molecular weight is 326 g/mol. The van der Waals surface area contributed by atoms with Gasteiger partial charge < -0.3 is 9.80 Å². The lowest BCUT2D eigenvalue weighted by molar-refractivity contribution is 0.194. The largest absolute Gasteiger partial charge is 0.362 e. The summed E-state index contributed by atoms with van der Waals surface area (Å²) < 4.78 is 0. The first-order valence-corrected chi connectivity index (χ1v) is 8.64. The number of benzene rings is 3. The van der Waals surface area contributed by atoms with Gasteiger partial charge in [-0.15, -0.1) is 0 Å². The summed E-state index contributed by atoms with van der Waals surface area (Å²) in [5, 5.41) is 0. The highest BCUT2D eigenvalue weighted by Gasteiger charge is 2.42. The third-order valence-electron chi connectivity index (χ3n) is 4.88. The fourth-order valence-electron chi connectivity index (χ4n) is 3.78. The molecule has 2 heteroatoms. The second kappa shape index (κ2) is 6.48. The molecule has 0 fully saturated rings. The third-order valence-corrected chi connectivity index (χ3v) is 4.88. The topological polar surface area (TPSA) is 6.48 Å². The van der Waals surface area contributed by atoms with Crippen LogP contribution in [0, 0.1) is 0 Å². The molecule has 4 rings (SSSR count). The van der Waals surface area contributed by atoms with Crippen LogP contribution in [-0.4, -0.2) is 23.5 Å². The first-order chi connectivity index (χ1) is 12.3. The Morgan fingerprint density at radius 3 is 1.32 bits per heavy atom. The minimum absolute atomic E-state index is 0.356. The maximum Gasteiger partial charge on any atom is 0.117 e. The van der Waals surface area contributed by atoms with Crippen LogP contribution in [0.4, 0.5) is 0 Å². The maximum atomic E-state index is 2.42. The lowest BCUT2D eigenvalue weighted by Gasteiger charge is -2.44. The lowest BCUT2D eigenvalue weighted by Crippen LogP contribution is -2.46. The van der Waals surface area contributed by atoms with Crippen molar-refractivity contribution < 1.29 is 0 Å². The molecule has 1 aliphatic rings. The molecule has 0 saturated carbocycles. The van der Waals surface area contributed by atoms with Crippen LogP contribution in [0.25, 0.3) is 0 Å². The Labute approximate surface area is 149 Å². The molecule has 3 aromatic rings. The summed E-state index contributed by atoms with van der Waals surface area (Å²) in [6, 6.07) is 32.4. The Kier molecular flexibility index (Phi) is 4.02. The van der Waals surface area contributed by atoms with E-state index >= 15 is 0 Å². The van der Waals surface area contributed by atoms with E-state index in [4.69, 9.17) is 0 Å². The van der Waals surface area contributed by atoms with Crippen LogP contribution < -0.4 is 0 Å². The third kappa shape index (κ3) is 2.60. The Morgan fingerprint density at radius 1 is 0.600 bits per heavy atom. The van der Waals surface area contributed by atoms with Crippen molar-refractivity contribution in [1.82, 2.24) is 9.80 Å². The highest BCUT2D eigenvalue weighted by molar-refractivity contribution is 5.50. The molecule has 0 atom stereocenters. The second-order valence-electron chi connectivity index (χ2n) is 6.47. The van der Waals surface area contributed by atoms with Crippen LogP contribution in [0.15, 0.2) is 103 Å². The smallest absolute Gasteiger partial charge is 0.117 e. The number of hydrogen-bond acceptors (Lipinski definition) is 2. The average Bonchev–Trinajstić information content (AvgIpc) is 3.12. The van der Waals surface area contributed by atoms with Gasteiger partial charge in [-0.2, -0.15) is 0 Å². The zero-order valence-corrected chi connectivity index (χ0v) is 14.4. The van der Waals surface area contributed by atoms with Crippen molar-refractivity contribution in [2.75, 3.05) is 13.7 Å². The van der Waals surface area contributed by atoms with Gasteiger partial charge in [-0.1, -0.05) is 91.0 Å². The predicted molar refractivity (Wildman–Crippen MR) is 103 cm³/mol. The summed E-state index contributed by atoms with van der Waals surface area (Å²) in [7, 11) is 2.11. The summed E-state index contributed by atoms with van der Waals surface area (Å²) in [6.07, 6.45) is 4.34. The van der Waals surface area contributed by atoms with E-state index in [0.29, 0.717) is 0 Å². The number of hydrogen-bond donors (Lipinski definition) is 0. The molecular formula is C23H22N2. The molecule has 25 heavy (non-hydrogen) atoms. The SMILES string of the molecule is CN1C=CN(C(c2ccccc2)(c2ccccc2)c2ccccc2)C1. The summed E-state index contributed by atoms with van der Waals surface area (Å²) in [5.41, 5.74) is 3.46. The van der Waals surface area contributed by atoms with Crippen LogP contribution in [0.2, 0.25) is 0 Å². The van der Waals surface area contributed by atoms with Crippen molar-refractivity contribution in [2.45, 2.75) is 5.54 Å². The fourth-order valence-corrected chi connectivity index (χ4v) is 3.78. The van der Waals surface area contributed by atoms with Gasteiger partial charge in [0, 0.05) is 19.4 Å². The van der Waals surface area contributed by atoms with Gasteiger partial charge >= 0.3 is 0 Å². The number of nitrogens with zero attached hydrogens (tertiary/aromatic N) is 2. The van der Waals surface area contributed by atoms with E-state index in [1.54, 1.807) is 0 Å². The second-order valence-corrected chi connectivity index (χ2v) is 6.47. The van der Waals surface area contributed by atoms with E-state index in [0.717, 1.165) is 6.67 Å². The fraction of sp³-hybridized carbons (Fsp3) is 0.130. The molecule has 0 spiro atoms. The van der Waals surface area contributed by atoms with Crippen molar-refractivity contribution in [2.24, 2.45) is 0 Å². The van der Waals surface area contributed by atoms with Crippen LogP contribution in [0.3, 0.4) is 0 Å². The molecule has 3 aromatic carbocycles. The lowest BCUT2D eigenvalue weighted by atomic mass is 9.76. The Balaban J connectivity index is 2.03. The van der Waals surface area contributed by atoms with Crippen molar-refractivity contribution >= 4 is 0 Å². The van der Waals surface area contributed by atoms with E-state index in [1.807, 2.05) is 0 Å².